The van der Waals surface area contributed by atoms with E-state index in [-0.39, 0.29) is 0 Å². The smallest absolute Gasteiger partial charge is 0.0708 e. The third kappa shape index (κ3) is 2.47. The SMILES string of the molecule is Nc1ccc(-c2ccnc(-c3ccccc3)c2)cc1. The van der Waals surface area contributed by atoms with Gasteiger partial charge in [0.25, 0.3) is 0 Å². The summed E-state index contributed by atoms with van der Waals surface area (Å²) in [6.07, 6.45) is 1.84. The van der Waals surface area contributed by atoms with Crippen LogP contribution in [-0.2, 0) is 0 Å². The fourth-order valence-electron chi connectivity index (χ4n) is 2.05. The highest BCUT2D eigenvalue weighted by Gasteiger charge is 2.02. The van der Waals surface area contributed by atoms with Gasteiger partial charge in [0.2, 0.25) is 0 Å². The zero-order valence-electron chi connectivity index (χ0n) is 10.5. The minimum atomic E-state index is 0.779. The van der Waals surface area contributed by atoms with Crippen molar-refractivity contribution >= 4 is 5.69 Å². The molecule has 0 bridgehead atoms. The number of rotatable bonds is 2. The molecule has 2 N–H and O–H groups in total. The Morgan fingerprint density at radius 1 is 0.684 bits per heavy atom. The molecule has 1 aromatic heterocycles. The van der Waals surface area contributed by atoms with E-state index >= 15 is 0 Å². The van der Waals surface area contributed by atoms with Crippen LogP contribution in [0.3, 0.4) is 0 Å². The van der Waals surface area contributed by atoms with Crippen LogP contribution in [0.5, 0.6) is 0 Å². The fraction of sp³-hybridized carbons (Fsp3) is 0. The molecule has 3 aromatic rings. The highest BCUT2D eigenvalue weighted by Crippen LogP contribution is 2.24. The first-order chi connectivity index (χ1) is 9.33. The van der Waals surface area contributed by atoms with E-state index in [0.29, 0.717) is 0 Å². The summed E-state index contributed by atoms with van der Waals surface area (Å²) in [5.41, 5.74) is 10.9. The van der Waals surface area contributed by atoms with Crippen molar-refractivity contribution in [2.45, 2.75) is 0 Å². The number of nitrogen functional groups attached to an aromatic ring is 1. The molecule has 1 heterocycles. The monoisotopic (exact) mass is 246 g/mol. The molecule has 0 aliphatic heterocycles. The summed E-state index contributed by atoms with van der Waals surface area (Å²) in [5.74, 6) is 0. The molecule has 3 rings (SSSR count). The minimum Gasteiger partial charge on any atom is -0.399 e. The Balaban J connectivity index is 2.03. The summed E-state index contributed by atoms with van der Waals surface area (Å²) in [7, 11) is 0. The molecule has 0 atom stereocenters. The van der Waals surface area contributed by atoms with Crippen LogP contribution in [0.4, 0.5) is 5.69 Å². The van der Waals surface area contributed by atoms with Crippen molar-refractivity contribution in [3.05, 3.63) is 72.9 Å². The van der Waals surface area contributed by atoms with E-state index in [1.54, 1.807) is 0 Å². The van der Waals surface area contributed by atoms with Crippen LogP contribution in [0.25, 0.3) is 22.4 Å². The Morgan fingerprint density at radius 2 is 1.42 bits per heavy atom. The quantitative estimate of drug-likeness (QED) is 0.694. The van der Waals surface area contributed by atoms with Crippen LogP contribution in [-0.4, -0.2) is 4.98 Å². The molecule has 19 heavy (non-hydrogen) atoms. The molecule has 2 nitrogen and oxygen atoms in total. The molecule has 0 aliphatic rings. The van der Waals surface area contributed by atoms with Gasteiger partial charge in [-0.3, -0.25) is 4.98 Å². The maximum atomic E-state index is 5.71. The van der Waals surface area contributed by atoms with Gasteiger partial charge in [-0.05, 0) is 35.4 Å². The predicted octanol–water partition coefficient (Wildman–Crippen LogP) is 4.00. The predicted molar refractivity (Wildman–Crippen MR) is 79.5 cm³/mol. The molecule has 0 spiro atoms. The number of pyridine rings is 1. The molecule has 0 fully saturated rings. The summed E-state index contributed by atoms with van der Waals surface area (Å²) in [5, 5.41) is 0. The van der Waals surface area contributed by atoms with Gasteiger partial charge in [-0.15, -0.1) is 0 Å². The highest BCUT2D eigenvalue weighted by molar-refractivity contribution is 5.71. The van der Waals surface area contributed by atoms with Crippen molar-refractivity contribution in [3.63, 3.8) is 0 Å². The molecule has 92 valence electrons. The Labute approximate surface area is 112 Å². The highest BCUT2D eigenvalue weighted by atomic mass is 14.7. The summed E-state index contributed by atoms with van der Waals surface area (Å²) >= 11 is 0. The Morgan fingerprint density at radius 3 is 2.16 bits per heavy atom. The van der Waals surface area contributed by atoms with Crippen molar-refractivity contribution in [1.82, 2.24) is 4.98 Å². The van der Waals surface area contributed by atoms with Gasteiger partial charge >= 0.3 is 0 Å². The second kappa shape index (κ2) is 4.94. The summed E-state index contributed by atoms with van der Waals surface area (Å²) in [6, 6.07) is 22.2. The molecule has 0 unspecified atom stereocenters. The molecule has 2 aromatic carbocycles. The molecule has 0 saturated carbocycles. The van der Waals surface area contributed by atoms with E-state index in [9.17, 15) is 0 Å². The van der Waals surface area contributed by atoms with Crippen molar-refractivity contribution < 1.29 is 0 Å². The first-order valence-electron chi connectivity index (χ1n) is 6.20. The number of anilines is 1. The largest absolute Gasteiger partial charge is 0.399 e. The van der Waals surface area contributed by atoms with Gasteiger partial charge in [0, 0.05) is 17.4 Å². The molecular formula is C17H14N2. The number of hydrogen-bond donors (Lipinski definition) is 1. The first-order valence-corrected chi connectivity index (χ1v) is 6.20. The fourth-order valence-corrected chi connectivity index (χ4v) is 2.05. The lowest BCUT2D eigenvalue weighted by atomic mass is 10.0. The van der Waals surface area contributed by atoms with Crippen LogP contribution in [0, 0.1) is 0 Å². The molecule has 2 heteroatoms. The third-order valence-electron chi connectivity index (χ3n) is 3.07. The number of hydrogen-bond acceptors (Lipinski definition) is 2. The lowest BCUT2D eigenvalue weighted by Gasteiger charge is -2.05. The van der Waals surface area contributed by atoms with Gasteiger partial charge in [0.05, 0.1) is 5.69 Å². The Bertz CT molecular complexity index is 673. The van der Waals surface area contributed by atoms with E-state index in [1.165, 1.54) is 0 Å². The van der Waals surface area contributed by atoms with E-state index in [0.717, 1.165) is 28.1 Å². The van der Waals surface area contributed by atoms with Crippen LogP contribution in [0.1, 0.15) is 0 Å². The van der Waals surface area contributed by atoms with Gasteiger partial charge in [0.15, 0.2) is 0 Å². The number of benzene rings is 2. The molecule has 0 aliphatic carbocycles. The van der Waals surface area contributed by atoms with Gasteiger partial charge in [-0.2, -0.15) is 0 Å². The van der Waals surface area contributed by atoms with Crippen molar-refractivity contribution in [3.8, 4) is 22.4 Å². The first kappa shape index (κ1) is 11.5. The molecule has 0 amide bonds. The van der Waals surface area contributed by atoms with Crippen molar-refractivity contribution in [2.75, 3.05) is 5.73 Å². The van der Waals surface area contributed by atoms with Crippen molar-refractivity contribution in [2.24, 2.45) is 0 Å². The topological polar surface area (TPSA) is 38.9 Å². The minimum absolute atomic E-state index is 0.779. The number of nitrogens with zero attached hydrogens (tertiary/aromatic N) is 1. The average Bonchev–Trinajstić information content (AvgIpc) is 2.49. The average molecular weight is 246 g/mol. The van der Waals surface area contributed by atoms with Crippen LogP contribution in [0.15, 0.2) is 72.9 Å². The van der Waals surface area contributed by atoms with E-state index in [2.05, 4.69) is 23.2 Å². The zero-order chi connectivity index (χ0) is 13.1. The van der Waals surface area contributed by atoms with Gasteiger partial charge in [-0.25, -0.2) is 0 Å². The second-order valence-electron chi connectivity index (χ2n) is 4.42. The Kier molecular flexibility index (Phi) is 2.99. The standard InChI is InChI=1S/C17H14N2/c18-16-8-6-13(7-9-16)15-10-11-19-17(12-15)14-4-2-1-3-5-14/h1-12H,18H2. The molecular weight excluding hydrogens is 232 g/mol. The summed E-state index contributed by atoms with van der Waals surface area (Å²) < 4.78 is 0. The van der Waals surface area contributed by atoms with Crippen LogP contribution < -0.4 is 5.73 Å². The lowest BCUT2D eigenvalue weighted by Crippen LogP contribution is -1.86. The number of aromatic nitrogens is 1. The van der Waals surface area contributed by atoms with Crippen molar-refractivity contribution in [1.29, 1.82) is 0 Å². The zero-order valence-corrected chi connectivity index (χ0v) is 10.5. The van der Waals surface area contributed by atoms with Crippen LogP contribution >= 0.6 is 0 Å². The van der Waals surface area contributed by atoms with Gasteiger partial charge in [0.1, 0.15) is 0 Å². The maximum absolute atomic E-state index is 5.71. The van der Waals surface area contributed by atoms with E-state index in [1.807, 2.05) is 54.7 Å². The summed E-state index contributed by atoms with van der Waals surface area (Å²) in [4.78, 5) is 4.43. The summed E-state index contributed by atoms with van der Waals surface area (Å²) in [6.45, 7) is 0. The molecule has 0 radical (unpaired) electrons. The normalized spacial score (nSPS) is 10.3. The maximum Gasteiger partial charge on any atom is 0.0708 e. The lowest BCUT2D eigenvalue weighted by molar-refractivity contribution is 1.33. The third-order valence-corrected chi connectivity index (χ3v) is 3.07. The molecule has 0 saturated heterocycles. The van der Waals surface area contributed by atoms with E-state index < -0.39 is 0 Å². The van der Waals surface area contributed by atoms with Gasteiger partial charge < -0.3 is 5.73 Å². The van der Waals surface area contributed by atoms with Gasteiger partial charge in [-0.1, -0.05) is 42.5 Å². The number of nitrogens with two attached hydrogens (primary N) is 1. The second-order valence-corrected chi connectivity index (χ2v) is 4.42. The van der Waals surface area contributed by atoms with E-state index in [4.69, 9.17) is 5.73 Å². The van der Waals surface area contributed by atoms with Crippen LogP contribution in [0.2, 0.25) is 0 Å². The Hall–Kier alpha value is -2.61.